The standard InChI is InChI=1S/C10H12N4O/c11-10-12-5-8(15-10)9-6-3-1-2-4-7(6)13-14-9/h5H,1-4H2,(H2,11,12)(H,13,14). The summed E-state index contributed by atoms with van der Waals surface area (Å²) in [5.74, 6) is 0.659. The number of nitrogens with zero attached hydrogens (tertiary/aromatic N) is 2. The van der Waals surface area contributed by atoms with Crippen LogP contribution >= 0.6 is 0 Å². The van der Waals surface area contributed by atoms with Crippen molar-refractivity contribution in [1.29, 1.82) is 0 Å². The van der Waals surface area contributed by atoms with E-state index < -0.39 is 0 Å². The van der Waals surface area contributed by atoms with Crippen LogP contribution in [0.15, 0.2) is 10.6 Å². The third-order valence-electron chi connectivity index (χ3n) is 2.81. The minimum absolute atomic E-state index is 0.192. The number of anilines is 1. The summed E-state index contributed by atoms with van der Waals surface area (Å²) >= 11 is 0. The lowest BCUT2D eigenvalue weighted by Gasteiger charge is -2.09. The first-order chi connectivity index (χ1) is 7.34. The van der Waals surface area contributed by atoms with Crippen LogP contribution in [0, 0.1) is 0 Å². The van der Waals surface area contributed by atoms with Gasteiger partial charge in [0, 0.05) is 11.3 Å². The van der Waals surface area contributed by atoms with Crippen molar-refractivity contribution in [3.63, 3.8) is 0 Å². The Hall–Kier alpha value is -1.78. The molecule has 0 bridgehead atoms. The number of nitrogens with one attached hydrogen (secondary N) is 1. The highest BCUT2D eigenvalue weighted by Gasteiger charge is 2.20. The number of nitrogens with two attached hydrogens (primary N) is 1. The van der Waals surface area contributed by atoms with Gasteiger partial charge in [0.05, 0.1) is 6.20 Å². The summed E-state index contributed by atoms with van der Waals surface area (Å²) in [5, 5.41) is 7.32. The molecule has 5 nitrogen and oxygen atoms in total. The van der Waals surface area contributed by atoms with Crippen molar-refractivity contribution in [2.45, 2.75) is 25.7 Å². The van der Waals surface area contributed by atoms with E-state index in [1.54, 1.807) is 6.20 Å². The molecule has 2 heterocycles. The van der Waals surface area contributed by atoms with Gasteiger partial charge in [-0.05, 0) is 25.7 Å². The molecular weight excluding hydrogens is 192 g/mol. The van der Waals surface area contributed by atoms with Crippen LogP contribution in [0.5, 0.6) is 0 Å². The highest BCUT2D eigenvalue weighted by atomic mass is 16.4. The van der Waals surface area contributed by atoms with Crippen molar-refractivity contribution in [3.8, 4) is 11.5 Å². The van der Waals surface area contributed by atoms with E-state index in [2.05, 4.69) is 15.2 Å². The zero-order valence-corrected chi connectivity index (χ0v) is 8.29. The average Bonchev–Trinajstić information content (AvgIpc) is 2.83. The molecule has 3 rings (SSSR count). The summed E-state index contributed by atoms with van der Waals surface area (Å²) < 4.78 is 5.28. The molecule has 0 saturated carbocycles. The molecule has 78 valence electrons. The topological polar surface area (TPSA) is 80.7 Å². The van der Waals surface area contributed by atoms with Crippen LogP contribution in [0.25, 0.3) is 11.5 Å². The average molecular weight is 204 g/mol. The minimum atomic E-state index is 0.192. The van der Waals surface area contributed by atoms with E-state index in [9.17, 15) is 0 Å². The molecule has 0 spiro atoms. The summed E-state index contributed by atoms with van der Waals surface area (Å²) in [6, 6.07) is 0.192. The summed E-state index contributed by atoms with van der Waals surface area (Å²) in [4.78, 5) is 3.88. The van der Waals surface area contributed by atoms with Gasteiger partial charge < -0.3 is 10.2 Å². The smallest absolute Gasteiger partial charge is 0.292 e. The number of fused-ring (bicyclic) bond motifs is 1. The molecule has 5 heteroatoms. The van der Waals surface area contributed by atoms with E-state index in [-0.39, 0.29) is 6.01 Å². The molecule has 15 heavy (non-hydrogen) atoms. The Morgan fingerprint density at radius 3 is 3.00 bits per heavy atom. The van der Waals surface area contributed by atoms with Crippen LogP contribution in [-0.4, -0.2) is 15.2 Å². The van der Waals surface area contributed by atoms with Crippen molar-refractivity contribution < 1.29 is 4.42 Å². The van der Waals surface area contributed by atoms with Gasteiger partial charge in [0.25, 0.3) is 6.01 Å². The van der Waals surface area contributed by atoms with E-state index in [4.69, 9.17) is 10.2 Å². The number of aryl methyl sites for hydroxylation is 1. The van der Waals surface area contributed by atoms with E-state index in [0.29, 0.717) is 5.76 Å². The van der Waals surface area contributed by atoms with E-state index >= 15 is 0 Å². The molecule has 3 N–H and O–H groups in total. The highest BCUT2D eigenvalue weighted by molar-refractivity contribution is 5.58. The first-order valence-electron chi connectivity index (χ1n) is 5.12. The maximum Gasteiger partial charge on any atom is 0.292 e. The molecule has 0 atom stereocenters. The number of H-pyrrole nitrogens is 1. The Morgan fingerprint density at radius 1 is 1.33 bits per heavy atom. The van der Waals surface area contributed by atoms with Crippen LogP contribution in [-0.2, 0) is 12.8 Å². The number of hydrogen-bond acceptors (Lipinski definition) is 4. The summed E-state index contributed by atoms with van der Waals surface area (Å²) in [6.45, 7) is 0. The summed E-state index contributed by atoms with van der Waals surface area (Å²) in [6.07, 6.45) is 6.20. The molecule has 0 aromatic carbocycles. The molecule has 0 saturated heterocycles. The monoisotopic (exact) mass is 204 g/mol. The quantitative estimate of drug-likeness (QED) is 0.738. The largest absolute Gasteiger partial charge is 0.422 e. The van der Waals surface area contributed by atoms with Gasteiger partial charge in [-0.1, -0.05) is 0 Å². The second kappa shape index (κ2) is 3.12. The molecule has 1 aliphatic carbocycles. The van der Waals surface area contributed by atoms with E-state index in [1.807, 2.05) is 0 Å². The Morgan fingerprint density at radius 2 is 2.20 bits per heavy atom. The molecular formula is C10H12N4O. The molecule has 0 aliphatic heterocycles. The molecule has 0 radical (unpaired) electrons. The molecule has 0 unspecified atom stereocenters. The third kappa shape index (κ3) is 1.31. The van der Waals surface area contributed by atoms with Crippen LogP contribution in [0.1, 0.15) is 24.1 Å². The molecule has 2 aromatic rings. The van der Waals surface area contributed by atoms with Crippen LogP contribution in [0.2, 0.25) is 0 Å². The van der Waals surface area contributed by atoms with Crippen molar-refractivity contribution in [2.75, 3.05) is 5.73 Å². The Balaban J connectivity index is 2.08. The van der Waals surface area contributed by atoms with Crippen molar-refractivity contribution >= 4 is 6.01 Å². The first-order valence-corrected chi connectivity index (χ1v) is 5.12. The van der Waals surface area contributed by atoms with Gasteiger partial charge in [-0.2, -0.15) is 5.10 Å². The predicted molar refractivity (Wildman–Crippen MR) is 55.1 cm³/mol. The van der Waals surface area contributed by atoms with E-state index in [0.717, 1.165) is 18.5 Å². The number of nitrogen functional groups attached to an aromatic ring is 1. The molecule has 0 fully saturated rings. The van der Waals surface area contributed by atoms with Gasteiger partial charge in [-0.15, -0.1) is 0 Å². The van der Waals surface area contributed by atoms with Gasteiger partial charge in [-0.3, -0.25) is 5.10 Å². The summed E-state index contributed by atoms with van der Waals surface area (Å²) in [7, 11) is 0. The van der Waals surface area contributed by atoms with Gasteiger partial charge in [0.15, 0.2) is 5.76 Å². The second-order valence-electron chi connectivity index (χ2n) is 3.80. The van der Waals surface area contributed by atoms with Gasteiger partial charge in [-0.25, -0.2) is 4.98 Å². The Kier molecular flexibility index (Phi) is 1.77. The SMILES string of the molecule is Nc1ncc(-c2n[nH]c3c2CCCC3)o1. The molecule has 1 aliphatic rings. The number of rotatable bonds is 1. The van der Waals surface area contributed by atoms with Gasteiger partial charge in [0.1, 0.15) is 5.69 Å². The van der Waals surface area contributed by atoms with Crippen molar-refractivity contribution in [3.05, 3.63) is 17.5 Å². The Bertz CT molecular complexity index is 485. The Labute approximate surface area is 86.7 Å². The maximum absolute atomic E-state index is 5.45. The molecule has 0 amide bonds. The number of aromatic nitrogens is 3. The number of aromatic amines is 1. The molecule has 2 aromatic heterocycles. The fraction of sp³-hybridized carbons (Fsp3) is 0.400. The zero-order valence-electron chi connectivity index (χ0n) is 8.29. The van der Waals surface area contributed by atoms with Crippen LogP contribution < -0.4 is 5.73 Å². The minimum Gasteiger partial charge on any atom is -0.422 e. The van der Waals surface area contributed by atoms with Crippen molar-refractivity contribution in [1.82, 2.24) is 15.2 Å². The number of hydrogen-bond donors (Lipinski definition) is 2. The number of oxazole rings is 1. The lowest BCUT2D eigenvalue weighted by Crippen LogP contribution is -2.00. The van der Waals surface area contributed by atoms with Crippen LogP contribution in [0.4, 0.5) is 6.01 Å². The van der Waals surface area contributed by atoms with Gasteiger partial charge >= 0.3 is 0 Å². The third-order valence-corrected chi connectivity index (χ3v) is 2.81. The second-order valence-corrected chi connectivity index (χ2v) is 3.80. The fourth-order valence-electron chi connectivity index (χ4n) is 2.08. The maximum atomic E-state index is 5.45. The predicted octanol–water partition coefficient (Wildman–Crippen LogP) is 1.53. The van der Waals surface area contributed by atoms with Gasteiger partial charge in [0.2, 0.25) is 0 Å². The van der Waals surface area contributed by atoms with E-state index in [1.165, 1.54) is 24.1 Å². The first kappa shape index (κ1) is 8.52. The zero-order chi connectivity index (χ0) is 10.3. The highest BCUT2D eigenvalue weighted by Crippen LogP contribution is 2.29. The summed E-state index contributed by atoms with van der Waals surface area (Å²) in [5.41, 5.74) is 8.80. The fourth-order valence-corrected chi connectivity index (χ4v) is 2.08. The lowest BCUT2D eigenvalue weighted by molar-refractivity contribution is 0.591. The normalized spacial score (nSPS) is 15.2. The van der Waals surface area contributed by atoms with Crippen LogP contribution in [0.3, 0.4) is 0 Å². The van der Waals surface area contributed by atoms with Crippen molar-refractivity contribution in [2.24, 2.45) is 0 Å². The lowest BCUT2D eigenvalue weighted by atomic mass is 9.95.